The average Bonchev–Trinajstić information content (AvgIpc) is 2.42. The van der Waals surface area contributed by atoms with Crippen molar-refractivity contribution in [3.63, 3.8) is 0 Å². The third kappa shape index (κ3) is 4.06. The van der Waals surface area contributed by atoms with Crippen LogP contribution in [0, 0.1) is 0 Å². The molecule has 1 aromatic rings. The Hall–Kier alpha value is -2.08. The van der Waals surface area contributed by atoms with Crippen LogP contribution >= 0.6 is 0 Å². The van der Waals surface area contributed by atoms with Gasteiger partial charge in [0.2, 0.25) is 0 Å². The molecule has 3 N–H and O–H groups in total. The predicted octanol–water partition coefficient (Wildman–Crippen LogP) is 0.473. The number of nitrogens with zero attached hydrogens (tertiary/aromatic N) is 1. The molecule has 18 heavy (non-hydrogen) atoms. The summed E-state index contributed by atoms with van der Waals surface area (Å²) in [6, 6.07) is 8.83. The van der Waals surface area contributed by atoms with Crippen LogP contribution in [-0.2, 0) is 4.79 Å². The first-order chi connectivity index (χ1) is 8.69. The van der Waals surface area contributed by atoms with E-state index in [1.54, 1.807) is 0 Å². The van der Waals surface area contributed by atoms with Crippen LogP contribution < -0.4 is 21.1 Å². The summed E-state index contributed by atoms with van der Waals surface area (Å²) in [5, 5.41) is 6.28. The zero-order chi connectivity index (χ0) is 13.4. The molecule has 1 aromatic carbocycles. The first kappa shape index (κ1) is 14.0. The second-order valence-electron chi connectivity index (χ2n) is 3.51. The SMILES string of the molecule is CCNN(C(=O)CNC(=O)NC)c1ccccc1. The molecule has 0 atom stereocenters. The number of carbonyl (C=O) groups excluding carboxylic acids is 2. The summed E-state index contributed by atoms with van der Waals surface area (Å²) >= 11 is 0. The Labute approximate surface area is 106 Å². The molecule has 0 saturated carbocycles. The van der Waals surface area contributed by atoms with Crippen molar-refractivity contribution in [1.29, 1.82) is 0 Å². The molecule has 3 amide bonds. The highest BCUT2D eigenvalue weighted by atomic mass is 16.2. The lowest BCUT2D eigenvalue weighted by Crippen LogP contribution is -2.49. The van der Waals surface area contributed by atoms with Gasteiger partial charge in [0.25, 0.3) is 5.91 Å². The normalized spacial score (nSPS) is 9.67. The van der Waals surface area contributed by atoms with E-state index in [2.05, 4.69) is 16.1 Å². The fourth-order valence-corrected chi connectivity index (χ4v) is 1.38. The lowest BCUT2D eigenvalue weighted by atomic mass is 10.3. The number of amides is 3. The molecule has 0 aliphatic carbocycles. The number of rotatable bonds is 5. The highest BCUT2D eigenvalue weighted by Crippen LogP contribution is 2.10. The lowest BCUT2D eigenvalue weighted by molar-refractivity contribution is -0.118. The fraction of sp³-hybridized carbons (Fsp3) is 0.333. The molecule has 0 bridgehead atoms. The Morgan fingerprint density at radius 2 is 1.89 bits per heavy atom. The minimum Gasteiger partial charge on any atom is -0.341 e. The molecule has 6 heteroatoms. The van der Waals surface area contributed by atoms with Gasteiger partial charge in [-0.25, -0.2) is 15.2 Å². The minimum absolute atomic E-state index is 0.0679. The maximum Gasteiger partial charge on any atom is 0.314 e. The zero-order valence-corrected chi connectivity index (χ0v) is 10.6. The third-order valence-corrected chi connectivity index (χ3v) is 2.21. The highest BCUT2D eigenvalue weighted by Gasteiger charge is 2.14. The number of urea groups is 1. The monoisotopic (exact) mass is 250 g/mol. The Balaban J connectivity index is 2.67. The summed E-state index contributed by atoms with van der Waals surface area (Å²) in [6.45, 7) is 2.44. The van der Waals surface area contributed by atoms with Crippen LogP contribution in [-0.4, -0.2) is 32.1 Å². The van der Waals surface area contributed by atoms with E-state index in [0.29, 0.717) is 6.54 Å². The molecule has 0 saturated heterocycles. The molecule has 0 heterocycles. The summed E-state index contributed by atoms with van der Waals surface area (Å²) < 4.78 is 0. The van der Waals surface area contributed by atoms with Gasteiger partial charge in [-0.05, 0) is 12.1 Å². The molecule has 0 fully saturated rings. The van der Waals surface area contributed by atoms with Gasteiger partial charge >= 0.3 is 6.03 Å². The standard InChI is InChI=1S/C12H18N4O2/c1-3-15-16(10-7-5-4-6-8-10)11(17)9-14-12(18)13-2/h4-8,15H,3,9H2,1-2H3,(H2,13,14,18). The molecule has 0 spiro atoms. The molecule has 0 aliphatic heterocycles. The van der Waals surface area contributed by atoms with E-state index in [0.717, 1.165) is 5.69 Å². The Morgan fingerprint density at radius 3 is 2.44 bits per heavy atom. The van der Waals surface area contributed by atoms with Gasteiger partial charge in [-0.2, -0.15) is 0 Å². The number of hydrogen-bond acceptors (Lipinski definition) is 3. The van der Waals surface area contributed by atoms with Crippen LogP contribution in [0.5, 0.6) is 0 Å². The third-order valence-electron chi connectivity index (χ3n) is 2.21. The van der Waals surface area contributed by atoms with E-state index in [9.17, 15) is 9.59 Å². The zero-order valence-electron chi connectivity index (χ0n) is 10.6. The fourth-order valence-electron chi connectivity index (χ4n) is 1.38. The predicted molar refractivity (Wildman–Crippen MR) is 70.1 cm³/mol. The number of anilines is 1. The highest BCUT2D eigenvalue weighted by molar-refractivity contribution is 5.95. The van der Waals surface area contributed by atoms with Crippen LogP contribution in [0.3, 0.4) is 0 Å². The number of hydrazine groups is 1. The molecule has 0 aromatic heterocycles. The van der Waals surface area contributed by atoms with E-state index in [1.165, 1.54) is 12.1 Å². The summed E-state index contributed by atoms with van der Waals surface area (Å²) in [5.41, 5.74) is 3.69. The van der Waals surface area contributed by atoms with Crippen LogP contribution in [0.4, 0.5) is 10.5 Å². The maximum absolute atomic E-state index is 12.0. The molecule has 0 unspecified atom stereocenters. The number of carbonyl (C=O) groups is 2. The molecular weight excluding hydrogens is 232 g/mol. The Morgan fingerprint density at radius 1 is 1.22 bits per heavy atom. The first-order valence-corrected chi connectivity index (χ1v) is 5.76. The van der Waals surface area contributed by atoms with E-state index in [1.807, 2.05) is 37.3 Å². The average molecular weight is 250 g/mol. The van der Waals surface area contributed by atoms with Gasteiger partial charge in [0.1, 0.15) is 6.54 Å². The molecule has 6 nitrogen and oxygen atoms in total. The van der Waals surface area contributed by atoms with Gasteiger partial charge in [0, 0.05) is 13.6 Å². The smallest absolute Gasteiger partial charge is 0.314 e. The lowest BCUT2D eigenvalue weighted by Gasteiger charge is -2.23. The van der Waals surface area contributed by atoms with Crippen molar-refractivity contribution in [2.75, 3.05) is 25.1 Å². The van der Waals surface area contributed by atoms with Crippen molar-refractivity contribution < 1.29 is 9.59 Å². The number of nitrogens with one attached hydrogen (secondary N) is 3. The van der Waals surface area contributed by atoms with Gasteiger partial charge in [-0.15, -0.1) is 0 Å². The van der Waals surface area contributed by atoms with Crippen LogP contribution in [0.25, 0.3) is 0 Å². The van der Waals surface area contributed by atoms with Crippen molar-refractivity contribution >= 4 is 17.6 Å². The molecular formula is C12H18N4O2. The van der Waals surface area contributed by atoms with Crippen LogP contribution in [0.15, 0.2) is 30.3 Å². The number of benzene rings is 1. The second kappa shape index (κ2) is 7.29. The topological polar surface area (TPSA) is 73.5 Å². The van der Waals surface area contributed by atoms with Crippen LogP contribution in [0.1, 0.15) is 6.92 Å². The van der Waals surface area contributed by atoms with E-state index in [4.69, 9.17) is 0 Å². The summed E-state index contributed by atoms with van der Waals surface area (Å²) in [7, 11) is 1.50. The Kier molecular flexibility index (Phi) is 5.66. The maximum atomic E-state index is 12.0. The number of para-hydroxylation sites is 1. The van der Waals surface area contributed by atoms with Crippen molar-refractivity contribution in [3.8, 4) is 0 Å². The minimum atomic E-state index is -0.382. The van der Waals surface area contributed by atoms with Crippen molar-refractivity contribution in [2.45, 2.75) is 6.92 Å². The van der Waals surface area contributed by atoms with E-state index < -0.39 is 0 Å². The van der Waals surface area contributed by atoms with Crippen molar-refractivity contribution in [1.82, 2.24) is 16.1 Å². The number of hydrogen-bond donors (Lipinski definition) is 3. The van der Waals surface area contributed by atoms with Gasteiger partial charge in [0.05, 0.1) is 5.69 Å². The van der Waals surface area contributed by atoms with Gasteiger partial charge in [0.15, 0.2) is 0 Å². The van der Waals surface area contributed by atoms with Crippen molar-refractivity contribution in [2.24, 2.45) is 0 Å². The van der Waals surface area contributed by atoms with E-state index in [-0.39, 0.29) is 18.5 Å². The quantitative estimate of drug-likeness (QED) is 0.665. The largest absolute Gasteiger partial charge is 0.341 e. The second-order valence-corrected chi connectivity index (χ2v) is 3.51. The Bertz CT molecular complexity index is 394. The summed E-state index contributed by atoms with van der Waals surface area (Å²) in [6.07, 6.45) is 0. The van der Waals surface area contributed by atoms with Gasteiger partial charge in [-0.1, -0.05) is 25.1 Å². The first-order valence-electron chi connectivity index (χ1n) is 5.76. The van der Waals surface area contributed by atoms with Crippen molar-refractivity contribution in [3.05, 3.63) is 30.3 Å². The van der Waals surface area contributed by atoms with Gasteiger partial charge < -0.3 is 10.6 Å². The van der Waals surface area contributed by atoms with Gasteiger partial charge in [-0.3, -0.25) is 4.79 Å². The summed E-state index contributed by atoms with van der Waals surface area (Å²) in [5.74, 6) is -0.230. The molecule has 0 radical (unpaired) electrons. The summed E-state index contributed by atoms with van der Waals surface area (Å²) in [4.78, 5) is 23.0. The van der Waals surface area contributed by atoms with E-state index >= 15 is 0 Å². The molecule has 0 aliphatic rings. The molecule has 1 rings (SSSR count). The van der Waals surface area contributed by atoms with Crippen LogP contribution in [0.2, 0.25) is 0 Å². The molecule has 98 valence electrons.